The molecule has 0 aliphatic carbocycles. The minimum Gasteiger partial charge on any atom is -0.479 e. The van der Waals surface area contributed by atoms with Crippen LogP contribution < -0.4 is 0 Å². The smallest absolute Gasteiger partial charge is 0.397 e. The van der Waals surface area contributed by atoms with Crippen LogP contribution in [-0.2, 0) is 28.9 Å². The number of aliphatic hydroxyl groups is 2. The lowest BCUT2D eigenvalue weighted by molar-refractivity contribution is -0.281. The van der Waals surface area contributed by atoms with Gasteiger partial charge in [0, 0.05) is 7.11 Å². The summed E-state index contributed by atoms with van der Waals surface area (Å²) in [4.78, 5) is 10.7. The highest BCUT2D eigenvalue weighted by atomic mass is 32.3. The Morgan fingerprint density at radius 2 is 1.83 bits per heavy atom. The Morgan fingerprint density at radius 3 is 2.22 bits per heavy atom. The molecule has 4 N–H and O–H groups in total. The molecule has 0 unspecified atom stereocenters. The SMILES string of the molecule is CO[C@@H]1O[C@H](C(=O)O)[C@@H](O)[C@H](O)[C@H]1OS(=O)(=O)O. The monoisotopic (exact) mass is 288 g/mol. The summed E-state index contributed by atoms with van der Waals surface area (Å²) < 4.78 is 42.9. The van der Waals surface area contributed by atoms with Crippen LogP contribution in [-0.4, -0.2) is 72.1 Å². The number of carboxylic acids is 1. The van der Waals surface area contributed by atoms with Crippen LogP contribution in [0, 0.1) is 0 Å². The van der Waals surface area contributed by atoms with E-state index >= 15 is 0 Å². The van der Waals surface area contributed by atoms with Crippen molar-refractivity contribution in [2.75, 3.05) is 7.11 Å². The summed E-state index contributed by atoms with van der Waals surface area (Å²) in [6, 6.07) is 0. The van der Waals surface area contributed by atoms with E-state index in [9.17, 15) is 23.4 Å². The van der Waals surface area contributed by atoms with Crippen LogP contribution in [0.5, 0.6) is 0 Å². The summed E-state index contributed by atoms with van der Waals surface area (Å²) >= 11 is 0. The van der Waals surface area contributed by atoms with E-state index < -0.39 is 47.1 Å². The Labute approximate surface area is 102 Å². The van der Waals surface area contributed by atoms with Crippen molar-refractivity contribution < 1.29 is 46.7 Å². The summed E-state index contributed by atoms with van der Waals surface area (Å²) in [5.74, 6) is -1.58. The van der Waals surface area contributed by atoms with Gasteiger partial charge >= 0.3 is 16.4 Å². The molecule has 11 heteroatoms. The molecule has 0 spiro atoms. The van der Waals surface area contributed by atoms with Crippen LogP contribution in [0.15, 0.2) is 0 Å². The molecule has 1 rings (SSSR count). The molecule has 1 aliphatic rings. The fraction of sp³-hybridized carbons (Fsp3) is 0.857. The van der Waals surface area contributed by atoms with E-state index in [0.29, 0.717) is 0 Å². The fourth-order valence-electron chi connectivity index (χ4n) is 1.47. The van der Waals surface area contributed by atoms with Crippen molar-refractivity contribution in [1.29, 1.82) is 0 Å². The highest BCUT2D eigenvalue weighted by Crippen LogP contribution is 2.25. The zero-order chi connectivity index (χ0) is 14.1. The van der Waals surface area contributed by atoms with Crippen molar-refractivity contribution in [3.63, 3.8) is 0 Å². The van der Waals surface area contributed by atoms with E-state index in [2.05, 4.69) is 8.92 Å². The van der Waals surface area contributed by atoms with Gasteiger partial charge in [-0.2, -0.15) is 8.42 Å². The molecule has 1 heterocycles. The van der Waals surface area contributed by atoms with Gasteiger partial charge in [0.2, 0.25) is 0 Å². The highest BCUT2D eigenvalue weighted by molar-refractivity contribution is 7.80. The van der Waals surface area contributed by atoms with Crippen molar-refractivity contribution in [2.24, 2.45) is 0 Å². The van der Waals surface area contributed by atoms with Gasteiger partial charge in [-0.1, -0.05) is 0 Å². The minimum absolute atomic E-state index is 1.04. The molecule has 1 aliphatic heterocycles. The summed E-state index contributed by atoms with van der Waals surface area (Å²) in [7, 11) is -3.90. The first-order valence-corrected chi connectivity index (χ1v) is 5.96. The van der Waals surface area contributed by atoms with E-state index in [4.69, 9.17) is 14.4 Å². The molecule has 1 saturated heterocycles. The molecule has 10 nitrogen and oxygen atoms in total. The first-order chi connectivity index (χ1) is 8.17. The average molecular weight is 288 g/mol. The van der Waals surface area contributed by atoms with Crippen LogP contribution in [0.25, 0.3) is 0 Å². The second kappa shape index (κ2) is 5.44. The van der Waals surface area contributed by atoms with E-state index in [1.165, 1.54) is 0 Å². The fourth-order valence-corrected chi connectivity index (χ4v) is 1.96. The Bertz CT molecular complexity index is 402. The third-order valence-electron chi connectivity index (χ3n) is 2.25. The van der Waals surface area contributed by atoms with Crippen LogP contribution >= 0.6 is 0 Å². The van der Waals surface area contributed by atoms with Gasteiger partial charge in [0.25, 0.3) is 0 Å². The van der Waals surface area contributed by atoms with Gasteiger partial charge in [0.15, 0.2) is 18.5 Å². The van der Waals surface area contributed by atoms with Crippen molar-refractivity contribution in [3.8, 4) is 0 Å². The second-order valence-corrected chi connectivity index (χ2v) is 4.52. The molecule has 0 saturated carbocycles. The van der Waals surface area contributed by atoms with Crippen LogP contribution in [0.3, 0.4) is 0 Å². The molecule has 0 aromatic heterocycles. The lowest BCUT2D eigenvalue weighted by atomic mass is 9.99. The van der Waals surface area contributed by atoms with Crippen molar-refractivity contribution in [2.45, 2.75) is 30.7 Å². The molecule has 5 atom stereocenters. The lowest BCUT2D eigenvalue weighted by Gasteiger charge is -2.39. The number of hydrogen-bond donors (Lipinski definition) is 4. The maximum Gasteiger partial charge on any atom is 0.397 e. The van der Waals surface area contributed by atoms with Gasteiger partial charge in [-0.15, -0.1) is 0 Å². The van der Waals surface area contributed by atoms with E-state index in [1.54, 1.807) is 0 Å². The van der Waals surface area contributed by atoms with Crippen molar-refractivity contribution in [1.82, 2.24) is 0 Å². The maximum absolute atomic E-state index is 10.7. The largest absolute Gasteiger partial charge is 0.479 e. The van der Waals surface area contributed by atoms with Gasteiger partial charge in [0.1, 0.15) is 12.2 Å². The van der Waals surface area contributed by atoms with Gasteiger partial charge in [-0.3, -0.25) is 4.55 Å². The number of methoxy groups -OCH3 is 1. The molecule has 0 bridgehead atoms. The third kappa shape index (κ3) is 3.35. The molecule has 18 heavy (non-hydrogen) atoms. The number of rotatable bonds is 4. The standard InChI is InChI=1S/C7H12O10S/c1-15-7-5(17-18(12,13)14)3(9)2(8)4(16-7)6(10)11/h2-5,7-9H,1H3,(H,10,11)(H,12,13,14)/t2-,3-,4-,5+,7+/m0/s1. The normalized spacial score (nSPS) is 37.4. The third-order valence-corrected chi connectivity index (χ3v) is 2.72. The molecule has 1 fully saturated rings. The highest BCUT2D eigenvalue weighted by Gasteiger charge is 2.50. The molecular formula is C7H12O10S. The number of carboxylic acid groups (broad SMARTS) is 1. The number of ether oxygens (including phenoxy) is 2. The maximum atomic E-state index is 10.7. The number of aliphatic hydroxyl groups excluding tert-OH is 2. The second-order valence-electron chi connectivity index (χ2n) is 3.47. The number of carbonyl (C=O) groups is 1. The zero-order valence-corrected chi connectivity index (χ0v) is 9.85. The molecular weight excluding hydrogens is 276 g/mol. The zero-order valence-electron chi connectivity index (χ0n) is 9.03. The summed E-state index contributed by atoms with van der Waals surface area (Å²) in [5.41, 5.74) is 0. The molecule has 0 aromatic carbocycles. The molecule has 0 amide bonds. The van der Waals surface area contributed by atoms with Gasteiger partial charge in [-0.05, 0) is 0 Å². The number of hydrogen-bond acceptors (Lipinski definition) is 8. The Balaban J connectivity index is 2.95. The van der Waals surface area contributed by atoms with E-state index in [1.807, 2.05) is 0 Å². The van der Waals surface area contributed by atoms with Gasteiger partial charge < -0.3 is 24.8 Å². The van der Waals surface area contributed by atoms with Crippen LogP contribution in [0.4, 0.5) is 0 Å². The van der Waals surface area contributed by atoms with Crippen molar-refractivity contribution in [3.05, 3.63) is 0 Å². The van der Waals surface area contributed by atoms with Gasteiger partial charge in [0.05, 0.1) is 0 Å². The average Bonchev–Trinajstić information content (AvgIpc) is 2.23. The Hall–Kier alpha value is -0.820. The van der Waals surface area contributed by atoms with Gasteiger partial charge in [-0.25, -0.2) is 8.98 Å². The van der Waals surface area contributed by atoms with Crippen LogP contribution in [0.2, 0.25) is 0 Å². The Morgan fingerprint density at radius 1 is 1.28 bits per heavy atom. The predicted molar refractivity (Wildman–Crippen MR) is 51.7 cm³/mol. The van der Waals surface area contributed by atoms with E-state index in [-0.39, 0.29) is 0 Å². The van der Waals surface area contributed by atoms with Crippen molar-refractivity contribution >= 4 is 16.4 Å². The van der Waals surface area contributed by atoms with E-state index in [0.717, 1.165) is 7.11 Å². The first-order valence-electron chi connectivity index (χ1n) is 4.60. The molecule has 106 valence electrons. The number of aliphatic carboxylic acids is 1. The molecule has 0 aromatic rings. The summed E-state index contributed by atoms with van der Waals surface area (Å²) in [6.45, 7) is 0. The lowest BCUT2D eigenvalue weighted by Crippen LogP contribution is -2.61. The Kier molecular flexibility index (Phi) is 4.61. The topological polar surface area (TPSA) is 160 Å². The predicted octanol–water partition coefficient (Wildman–Crippen LogP) is -2.65. The summed E-state index contributed by atoms with van der Waals surface area (Å²) in [6.07, 6.45) is -9.08. The first kappa shape index (κ1) is 15.2. The summed E-state index contributed by atoms with van der Waals surface area (Å²) in [5, 5.41) is 27.7. The molecule has 0 radical (unpaired) electrons. The van der Waals surface area contributed by atoms with Crippen LogP contribution in [0.1, 0.15) is 0 Å². The minimum atomic E-state index is -4.94. The quantitative estimate of drug-likeness (QED) is 0.402.